The van der Waals surface area contributed by atoms with Crippen LogP contribution in [0.2, 0.25) is 0 Å². The molecule has 0 aliphatic heterocycles. The lowest BCUT2D eigenvalue weighted by Gasteiger charge is -2.04. The SMILES string of the molecule is C=CCn1ncc2c(C(=O)OC)cc(Br)cc21. The van der Waals surface area contributed by atoms with Gasteiger partial charge < -0.3 is 4.74 Å². The molecule has 0 saturated carbocycles. The molecule has 1 aromatic heterocycles. The van der Waals surface area contributed by atoms with Crippen LogP contribution in [0.5, 0.6) is 0 Å². The van der Waals surface area contributed by atoms with E-state index in [2.05, 4.69) is 27.6 Å². The van der Waals surface area contributed by atoms with Crippen molar-refractivity contribution in [1.82, 2.24) is 9.78 Å². The molecule has 4 nitrogen and oxygen atoms in total. The van der Waals surface area contributed by atoms with E-state index in [1.54, 1.807) is 23.0 Å². The number of halogens is 1. The summed E-state index contributed by atoms with van der Waals surface area (Å²) in [6.07, 6.45) is 3.42. The minimum atomic E-state index is -0.366. The molecule has 0 amide bonds. The highest BCUT2D eigenvalue weighted by Crippen LogP contribution is 2.25. The lowest BCUT2D eigenvalue weighted by molar-refractivity contribution is 0.0603. The number of carbonyl (C=O) groups is 1. The topological polar surface area (TPSA) is 44.1 Å². The van der Waals surface area contributed by atoms with E-state index in [0.717, 1.165) is 15.4 Å². The molecule has 0 saturated heterocycles. The maximum Gasteiger partial charge on any atom is 0.338 e. The highest BCUT2D eigenvalue weighted by molar-refractivity contribution is 9.10. The fourth-order valence-corrected chi connectivity index (χ4v) is 2.13. The number of fused-ring (bicyclic) bond motifs is 1. The zero-order valence-corrected chi connectivity index (χ0v) is 10.9. The van der Waals surface area contributed by atoms with Crippen LogP contribution in [-0.2, 0) is 11.3 Å². The van der Waals surface area contributed by atoms with Crippen molar-refractivity contribution in [3.8, 4) is 0 Å². The summed E-state index contributed by atoms with van der Waals surface area (Å²) in [6, 6.07) is 3.65. The van der Waals surface area contributed by atoms with Crippen LogP contribution in [0.3, 0.4) is 0 Å². The number of nitrogens with zero attached hydrogens (tertiary/aromatic N) is 2. The fraction of sp³-hybridized carbons (Fsp3) is 0.167. The van der Waals surface area contributed by atoms with Crippen molar-refractivity contribution in [3.63, 3.8) is 0 Å². The van der Waals surface area contributed by atoms with Crippen molar-refractivity contribution in [3.05, 3.63) is 41.0 Å². The van der Waals surface area contributed by atoms with Crippen molar-refractivity contribution in [1.29, 1.82) is 0 Å². The van der Waals surface area contributed by atoms with Crippen molar-refractivity contribution < 1.29 is 9.53 Å². The number of aromatic nitrogens is 2. The molecule has 0 N–H and O–H groups in total. The molecule has 0 atom stereocenters. The van der Waals surface area contributed by atoms with Crippen LogP contribution >= 0.6 is 15.9 Å². The highest BCUT2D eigenvalue weighted by Gasteiger charge is 2.14. The molecule has 17 heavy (non-hydrogen) atoms. The monoisotopic (exact) mass is 294 g/mol. The maximum atomic E-state index is 11.6. The summed E-state index contributed by atoms with van der Waals surface area (Å²) in [5, 5.41) is 5.00. The summed E-state index contributed by atoms with van der Waals surface area (Å²) in [7, 11) is 1.36. The minimum Gasteiger partial charge on any atom is -0.465 e. The van der Waals surface area contributed by atoms with E-state index < -0.39 is 0 Å². The molecule has 0 aliphatic rings. The Morgan fingerprint density at radius 1 is 1.65 bits per heavy atom. The van der Waals surface area contributed by atoms with Crippen LogP contribution < -0.4 is 0 Å². The van der Waals surface area contributed by atoms with Gasteiger partial charge in [-0.15, -0.1) is 6.58 Å². The summed E-state index contributed by atoms with van der Waals surface area (Å²) in [5.74, 6) is -0.366. The second-order valence-corrected chi connectivity index (χ2v) is 4.41. The molecule has 2 rings (SSSR count). The van der Waals surface area contributed by atoms with Gasteiger partial charge in [-0.25, -0.2) is 4.79 Å². The zero-order chi connectivity index (χ0) is 12.4. The van der Waals surface area contributed by atoms with Gasteiger partial charge >= 0.3 is 5.97 Å². The summed E-state index contributed by atoms with van der Waals surface area (Å²) >= 11 is 3.38. The summed E-state index contributed by atoms with van der Waals surface area (Å²) in [4.78, 5) is 11.6. The van der Waals surface area contributed by atoms with E-state index >= 15 is 0 Å². The Hall–Kier alpha value is -1.62. The Kier molecular flexibility index (Phi) is 3.28. The van der Waals surface area contributed by atoms with Gasteiger partial charge in [0.05, 0.1) is 30.9 Å². The van der Waals surface area contributed by atoms with Crippen molar-refractivity contribution in [2.75, 3.05) is 7.11 Å². The van der Waals surface area contributed by atoms with Gasteiger partial charge in [-0.1, -0.05) is 22.0 Å². The second kappa shape index (κ2) is 4.71. The van der Waals surface area contributed by atoms with Gasteiger partial charge in [-0.2, -0.15) is 5.10 Å². The number of esters is 1. The Balaban J connectivity index is 2.69. The lowest BCUT2D eigenvalue weighted by Crippen LogP contribution is -2.02. The fourth-order valence-electron chi connectivity index (χ4n) is 1.69. The molecule has 5 heteroatoms. The number of allylic oxidation sites excluding steroid dienone is 1. The average molecular weight is 295 g/mol. The summed E-state index contributed by atoms with van der Waals surface area (Å²) in [6.45, 7) is 4.27. The van der Waals surface area contributed by atoms with Crippen LogP contribution in [0.1, 0.15) is 10.4 Å². The number of hydrogen-bond donors (Lipinski definition) is 0. The largest absolute Gasteiger partial charge is 0.465 e. The Morgan fingerprint density at radius 2 is 2.41 bits per heavy atom. The number of benzene rings is 1. The van der Waals surface area contributed by atoms with E-state index in [-0.39, 0.29) is 5.97 Å². The molecule has 1 aromatic carbocycles. The quantitative estimate of drug-likeness (QED) is 0.646. The third-order valence-corrected chi connectivity index (χ3v) is 2.89. The van der Waals surface area contributed by atoms with Crippen molar-refractivity contribution >= 4 is 32.8 Å². The van der Waals surface area contributed by atoms with E-state index in [0.29, 0.717) is 12.1 Å². The first kappa shape index (κ1) is 11.9. The molecule has 0 spiro atoms. The van der Waals surface area contributed by atoms with Gasteiger partial charge in [0.2, 0.25) is 0 Å². The molecule has 0 unspecified atom stereocenters. The Bertz CT molecular complexity index is 589. The first-order valence-corrected chi connectivity index (χ1v) is 5.81. The van der Waals surface area contributed by atoms with E-state index in [1.165, 1.54) is 7.11 Å². The van der Waals surface area contributed by atoms with Gasteiger partial charge in [-0.3, -0.25) is 4.68 Å². The average Bonchev–Trinajstić information content (AvgIpc) is 2.71. The number of hydrogen-bond acceptors (Lipinski definition) is 3. The number of carbonyl (C=O) groups excluding carboxylic acids is 1. The van der Waals surface area contributed by atoms with Gasteiger partial charge in [0.15, 0.2) is 0 Å². The van der Waals surface area contributed by atoms with Crippen LogP contribution in [0.4, 0.5) is 0 Å². The first-order chi connectivity index (χ1) is 8.17. The third kappa shape index (κ3) is 2.10. The molecule has 88 valence electrons. The Labute approximate surface area is 107 Å². The summed E-state index contributed by atoms with van der Waals surface area (Å²) < 4.78 is 7.34. The molecule has 0 radical (unpaired) electrons. The number of ether oxygens (including phenoxy) is 1. The van der Waals surface area contributed by atoms with Gasteiger partial charge in [0.25, 0.3) is 0 Å². The smallest absolute Gasteiger partial charge is 0.338 e. The minimum absolute atomic E-state index is 0.366. The van der Waals surface area contributed by atoms with Crippen LogP contribution in [0.25, 0.3) is 10.9 Å². The molecule has 0 aliphatic carbocycles. The highest BCUT2D eigenvalue weighted by atomic mass is 79.9. The third-order valence-electron chi connectivity index (χ3n) is 2.43. The second-order valence-electron chi connectivity index (χ2n) is 3.49. The van der Waals surface area contributed by atoms with Gasteiger partial charge in [0.1, 0.15) is 0 Å². The van der Waals surface area contributed by atoms with Crippen molar-refractivity contribution in [2.45, 2.75) is 6.54 Å². The molecule has 0 fully saturated rings. The predicted molar refractivity (Wildman–Crippen MR) is 69.0 cm³/mol. The van der Waals surface area contributed by atoms with Crippen LogP contribution in [0.15, 0.2) is 35.5 Å². The normalized spacial score (nSPS) is 10.5. The van der Waals surface area contributed by atoms with E-state index in [9.17, 15) is 4.79 Å². The molecular weight excluding hydrogens is 284 g/mol. The molecule has 0 bridgehead atoms. The molecule has 2 aromatic rings. The first-order valence-electron chi connectivity index (χ1n) is 5.01. The Morgan fingerprint density at radius 3 is 3.06 bits per heavy atom. The molecule has 1 heterocycles. The number of rotatable bonds is 3. The standard InChI is InChI=1S/C12H11BrN2O2/c1-3-4-15-11-6-8(13)5-9(12(16)17-2)10(11)7-14-15/h3,5-7H,1,4H2,2H3. The maximum absolute atomic E-state index is 11.6. The van der Waals surface area contributed by atoms with Crippen LogP contribution in [0, 0.1) is 0 Å². The predicted octanol–water partition coefficient (Wildman–Crippen LogP) is 2.77. The zero-order valence-electron chi connectivity index (χ0n) is 9.31. The van der Waals surface area contributed by atoms with Gasteiger partial charge in [0, 0.05) is 9.86 Å². The number of methoxy groups -OCH3 is 1. The van der Waals surface area contributed by atoms with Crippen molar-refractivity contribution in [2.24, 2.45) is 0 Å². The van der Waals surface area contributed by atoms with Gasteiger partial charge in [-0.05, 0) is 12.1 Å². The van der Waals surface area contributed by atoms with E-state index in [1.807, 2.05) is 6.07 Å². The van der Waals surface area contributed by atoms with Crippen LogP contribution in [-0.4, -0.2) is 22.9 Å². The lowest BCUT2D eigenvalue weighted by atomic mass is 10.1. The summed E-state index contributed by atoms with van der Waals surface area (Å²) in [5.41, 5.74) is 1.38. The molecular formula is C12H11BrN2O2. The van der Waals surface area contributed by atoms with E-state index in [4.69, 9.17) is 4.74 Å².